The monoisotopic (exact) mass is 492 g/mol. The second kappa shape index (κ2) is 8.96. The number of imidazole rings is 1. The molecule has 1 fully saturated rings. The van der Waals surface area contributed by atoms with Crippen LogP contribution in [0.4, 0.5) is 15.3 Å². The van der Waals surface area contributed by atoms with Gasteiger partial charge in [-0.3, -0.25) is 4.79 Å². The van der Waals surface area contributed by atoms with Gasteiger partial charge in [0, 0.05) is 42.8 Å². The maximum atomic E-state index is 13.2. The van der Waals surface area contributed by atoms with Crippen LogP contribution in [0.5, 0.6) is 0 Å². The Morgan fingerprint density at radius 2 is 1.77 bits per heavy atom. The van der Waals surface area contributed by atoms with E-state index in [1.807, 2.05) is 15.5 Å². The van der Waals surface area contributed by atoms with E-state index in [2.05, 4.69) is 56.1 Å². The highest BCUT2D eigenvalue weighted by molar-refractivity contribution is 7.20. The van der Waals surface area contributed by atoms with Gasteiger partial charge in [0.2, 0.25) is 10.1 Å². The van der Waals surface area contributed by atoms with Crippen LogP contribution in [0.1, 0.15) is 36.7 Å². The van der Waals surface area contributed by atoms with Gasteiger partial charge in [-0.1, -0.05) is 35.1 Å². The lowest BCUT2D eigenvalue weighted by Gasteiger charge is -2.34. The third-order valence-corrected chi connectivity index (χ3v) is 6.88. The summed E-state index contributed by atoms with van der Waals surface area (Å²) >= 11 is 1.55. The fourth-order valence-electron chi connectivity index (χ4n) is 4.20. The second-order valence-electron chi connectivity index (χ2n) is 9.92. The Bertz CT molecular complexity index is 1360. The van der Waals surface area contributed by atoms with E-state index in [0.29, 0.717) is 31.7 Å². The van der Waals surface area contributed by atoms with Crippen LogP contribution in [-0.4, -0.2) is 57.1 Å². The van der Waals surface area contributed by atoms with E-state index >= 15 is 0 Å². The molecule has 2 aromatic carbocycles. The van der Waals surface area contributed by atoms with Gasteiger partial charge in [-0.25, -0.2) is 9.37 Å². The highest BCUT2D eigenvalue weighted by Crippen LogP contribution is 2.35. The number of carbonyl (C=O) groups is 1. The standard InChI is InChI=1S/C26H29FN6OS/c1-17-6-5-7-19(16-17)21-22(29-26(2,3)4)33-24(28-21)35-25(30-33)32-14-12-31(13-15-32)23(34)18-8-10-20(27)11-9-18/h5-11,16,29H,12-15H2,1-4H3. The van der Waals surface area contributed by atoms with Crippen molar-refractivity contribution < 1.29 is 9.18 Å². The highest BCUT2D eigenvalue weighted by Gasteiger charge is 2.27. The molecule has 5 rings (SSSR count). The number of halogens is 1. The van der Waals surface area contributed by atoms with Crippen LogP contribution >= 0.6 is 11.3 Å². The number of aromatic nitrogens is 3. The molecule has 0 unspecified atom stereocenters. The normalized spacial score (nSPS) is 14.5. The van der Waals surface area contributed by atoms with E-state index in [4.69, 9.17) is 10.1 Å². The first-order valence-electron chi connectivity index (χ1n) is 11.7. The number of carbonyl (C=O) groups excluding carboxylic acids is 1. The Morgan fingerprint density at radius 1 is 1.06 bits per heavy atom. The average molecular weight is 493 g/mol. The number of fused-ring (bicyclic) bond motifs is 1. The van der Waals surface area contributed by atoms with Crippen LogP contribution in [0.2, 0.25) is 0 Å². The lowest BCUT2D eigenvalue weighted by Crippen LogP contribution is -2.48. The molecule has 0 radical (unpaired) electrons. The number of nitrogens with zero attached hydrogens (tertiary/aromatic N) is 5. The molecule has 1 N–H and O–H groups in total. The summed E-state index contributed by atoms with van der Waals surface area (Å²) in [5, 5.41) is 9.40. The predicted molar refractivity (Wildman–Crippen MR) is 139 cm³/mol. The Hall–Kier alpha value is -3.46. The van der Waals surface area contributed by atoms with E-state index in [-0.39, 0.29) is 17.3 Å². The van der Waals surface area contributed by atoms with Crippen molar-refractivity contribution in [3.8, 4) is 11.3 Å². The van der Waals surface area contributed by atoms with Crippen molar-refractivity contribution in [2.24, 2.45) is 0 Å². The van der Waals surface area contributed by atoms with Crippen molar-refractivity contribution >= 4 is 33.2 Å². The zero-order chi connectivity index (χ0) is 24.7. The molecular weight excluding hydrogens is 463 g/mol. The van der Waals surface area contributed by atoms with Crippen molar-refractivity contribution in [1.82, 2.24) is 19.5 Å². The molecule has 182 valence electrons. The number of rotatable bonds is 4. The smallest absolute Gasteiger partial charge is 0.253 e. The van der Waals surface area contributed by atoms with E-state index in [1.165, 1.54) is 29.8 Å². The third-order valence-electron chi connectivity index (χ3n) is 5.91. The number of nitrogens with one attached hydrogen (secondary N) is 1. The van der Waals surface area contributed by atoms with Crippen LogP contribution < -0.4 is 10.2 Å². The summed E-state index contributed by atoms with van der Waals surface area (Å²) in [6, 6.07) is 14.1. The van der Waals surface area contributed by atoms with E-state index in [0.717, 1.165) is 27.2 Å². The third kappa shape index (κ3) is 4.86. The first-order chi connectivity index (χ1) is 16.7. The molecule has 1 amide bonds. The largest absolute Gasteiger partial charge is 0.364 e. The minimum absolute atomic E-state index is 0.0712. The van der Waals surface area contributed by atoms with Gasteiger partial charge in [0.15, 0.2) is 5.82 Å². The minimum atomic E-state index is -0.342. The lowest BCUT2D eigenvalue weighted by molar-refractivity contribution is 0.0746. The molecule has 1 saturated heterocycles. The zero-order valence-corrected chi connectivity index (χ0v) is 21.2. The molecule has 7 nitrogen and oxygen atoms in total. The topological polar surface area (TPSA) is 65.8 Å². The molecular formula is C26H29FN6OS. The molecule has 0 spiro atoms. The molecule has 35 heavy (non-hydrogen) atoms. The molecule has 1 aliphatic rings. The lowest BCUT2D eigenvalue weighted by atomic mass is 10.1. The summed E-state index contributed by atoms with van der Waals surface area (Å²) in [6.45, 7) is 11.0. The number of hydrogen-bond acceptors (Lipinski definition) is 6. The number of amides is 1. The van der Waals surface area contributed by atoms with Crippen LogP contribution in [0.25, 0.3) is 16.2 Å². The number of benzene rings is 2. The van der Waals surface area contributed by atoms with Crippen molar-refractivity contribution in [1.29, 1.82) is 0 Å². The molecule has 0 atom stereocenters. The Labute approximate surface area is 208 Å². The van der Waals surface area contributed by atoms with Crippen molar-refractivity contribution in [2.75, 3.05) is 36.4 Å². The molecule has 3 heterocycles. The molecule has 0 aliphatic carbocycles. The van der Waals surface area contributed by atoms with E-state index in [1.54, 1.807) is 11.3 Å². The Balaban J connectivity index is 1.38. The maximum Gasteiger partial charge on any atom is 0.253 e. The molecule has 0 saturated carbocycles. The van der Waals surface area contributed by atoms with Gasteiger partial charge in [0.05, 0.1) is 0 Å². The maximum absolute atomic E-state index is 13.2. The van der Waals surface area contributed by atoms with Gasteiger partial charge in [0.1, 0.15) is 11.5 Å². The highest BCUT2D eigenvalue weighted by atomic mass is 32.1. The van der Waals surface area contributed by atoms with Gasteiger partial charge in [-0.15, -0.1) is 5.10 Å². The van der Waals surface area contributed by atoms with Gasteiger partial charge in [0.25, 0.3) is 5.91 Å². The van der Waals surface area contributed by atoms with Gasteiger partial charge >= 0.3 is 0 Å². The number of piperazine rings is 1. The summed E-state index contributed by atoms with van der Waals surface area (Å²) < 4.78 is 15.1. The van der Waals surface area contributed by atoms with Gasteiger partial charge in [-0.2, -0.15) is 4.52 Å². The van der Waals surface area contributed by atoms with Gasteiger partial charge < -0.3 is 15.1 Å². The first kappa shape index (κ1) is 23.3. The van der Waals surface area contributed by atoms with Gasteiger partial charge in [-0.05, 0) is 58.0 Å². The summed E-state index contributed by atoms with van der Waals surface area (Å²) in [7, 11) is 0. The Kier molecular flexibility index (Phi) is 5.96. The minimum Gasteiger partial charge on any atom is -0.364 e. The number of anilines is 2. The molecule has 2 aromatic heterocycles. The quantitative estimate of drug-likeness (QED) is 0.431. The molecule has 1 aliphatic heterocycles. The van der Waals surface area contributed by atoms with Crippen molar-refractivity contribution in [3.63, 3.8) is 0 Å². The van der Waals surface area contributed by atoms with E-state index in [9.17, 15) is 9.18 Å². The Morgan fingerprint density at radius 3 is 2.43 bits per heavy atom. The van der Waals surface area contributed by atoms with Crippen LogP contribution in [0, 0.1) is 12.7 Å². The van der Waals surface area contributed by atoms with Crippen LogP contribution in [0.15, 0.2) is 48.5 Å². The first-order valence-corrected chi connectivity index (χ1v) is 12.5. The average Bonchev–Trinajstić information content (AvgIpc) is 3.38. The SMILES string of the molecule is Cc1cccc(-c2nc3sc(N4CCN(C(=O)c5ccc(F)cc5)CC4)nn3c2NC(C)(C)C)c1. The molecule has 0 bridgehead atoms. The zero-order valence-electron chi connectivity index (χ0n) is 20.4. The fourth-order valence-corrected chi connectivity index (χ4v) is 5.16. The molecule has 4 aromatic rings. The summed E-state index contributed by atoms with van der Waals surface area (Å²) in [6.07, 6.45) is 0. The number of hydrogen-bond donors (Lipinski definition) is 1. The summed E-state index contributed by atoms with van der Waals surface area (Å²) in [5.41, 5.74) is 3.48. The van der Waals surface area contributed by atoms with Crippen LogP contribution in [0.3, 0.4) is 0 Å². The van der Waals surface area contributed by atoms with Crippen LogP contribution in [-0.2, 0) is 0 Å². The predicted octanol–water partition coefficient (Wildman–Crippen LogP) is 5.08. The number of aryl methyl sites for hydroxylation is 1. The summed E-state index contributed by atoms with van der Waals surface area (Å²) in [4.78, 5) is 22.6. The fraction of sp³-hybridized carbons (Fsp3) is 0.346. The van der Waals surface area contributed by atoms with E-state index < -0.39 is 0 Å². The summed E-state index contributed by atoms with van der Waals surface area (Å²) in [5.74, 6) is 0.467. The van der Waals surface area contributed by atoms with Crippen molar-refractivity contribution in [3.05, 3.63) is 65.5 Å². The van der Waals surface area contributed by atoms with Crippen molar-refractivity contribution in [2.45, 2.75) is 33.2 Å². The second-order valence-corrected chi connectivity index (χ2v) is 10.9. The molecule has 9 heteroatoms.